The first kappa shape index (κ1) is 20.9. The Morgan fingerprint density at radius 1 is 1.03 bits per heavy atom. The van der Waals surface area contributed by atoms with Gasteiger partial charge in [-0.3, -0.25) is 4.99 Å². The first-order chi connectivity index (χ1) is 14.9. The number of alkyl halides is 3. The van der Waals surface area contributed by atoms with Gasteiger partial charge in [0.15, 0.2) is 0 Å². The van der Waals surface area contributed by atoms with Crippen molar-refractivity contribution >= 4 is 17.3 Å². The normalized spacial score (nSPS) is 14.3. The van der Waals surface area contributed by atoms with Gasteiger partial charge >= 0.3 is 6.18 Å². The zero-order valence-electron chi connectivity index (χ0n) is 17.1. The zero-order valence-corrected chi connectivity index (χ0v) is 17.1. The molecule has 160 valence electrons. The molecule has 0 saturated heterocycles. The van der Waals surface area contributed by atoms with Gasteiger partial charge in [-0.2, -0.15) is 13.2 Å². The van der Waals surface area contributed by atoms with Gasteiger partial charge < -0.3 is 11.1 Å². The number of aliphatic imine (C=N–C) groups is 1. The Labute approximate surface area is 179 Å². The van der Waals surface area contributed by atoms with Crippen LogP contribution in [-0.2, 0) is 19.0 Å². The molecule has 0 aliphatic heterocycles. The molecule has 3 aromatic rings. The molecule has 0 amide bonds. The van der Waals surface area contributed by atoms with Crippen molar-refractivity contribution in [2.45, 2.75) is 31.9 Å². The Hall–Kier alpha value is -3.35. The molecule has 7 heteroatoms. The molecule has 1 aliphatic rings. The number of hydrogen-bond donors (Lipinski definition) is 2. The van der Waals surface area contributed by atoms with Gasteiger partial charge in [0.2, 0.25) is 0 Å². The number of nitrogens with zero attached hydrogens (tertiary/aromatic N) is 2. The van der Waals surface area contributed by atoms with E-state index in [1.54, 1.807) is 25.2 Å². The summed E-state index contributed by atoms with van der Waals surface area (Å²) in [7, 11) is 1.64. The lowest BCUT2D eigenvalue weighted by molar-refractivity contribution is -0.137. The van der Waals surface area contributed by atoms with E-state index in [0.29, 0.717) is 23.0 Å². The molecular weight excluding hydrogens is 401 g/mol. The summed E-state index contributed by atoms with van der Waals surface area (Å²) in [6.45, 7) is 0. The molecule has 3 N–H and O–H groups in total. The number of fused-ring (bicyclic) bond motifs is 1. The number of nitrogen functional groups attached to an aromatic ring is 1. The van der Waals surface area contributed by atoms with Crippen LogP contribution < -0.4 is 11.1 Å². The van der Waals surface area contributed by atoms with Crippen molar-refractivity contribution in [2.24, 2.45) is 4.99 Å². The number of pyridine rings is 1. The summed E-state index contributed by atoms with van der Waals surface area (Å²) in [5, 5.41) is 3.26. The van der Waals surface area contributed by atoms with E-state index in [2.05, 4.69) is 15.3 Å². The maximum absolute atomic E-state index is 13.6. The van der Waals surface area contributed by atoms with Gasteiger partial charge in [0.1, 0.15) is 11.7 Å². The maximum atomic E-state index is 13.6. The molecule has 0 radical (unpaired) electrons. The van der Waals surface area contributed by atoms with Gasteiger partial charge in [0.25, 0.3) is 0 Å². The molecule has 4 nitrogen and oxygen atoms in total. The maximum Gasteiger partial charge on any atom is 0.417 e. The van der Waals surface area contributed by atoms with E-state index in [0.717, 1.165) is 48.4 Å². The van der Waals surface area contributed by atoms with Crippen LogP contribution in [0, 0.1) is 0 Å². The van der Waals surface area contributed by atoms with Crippen LogP contribution in [0.3, 0.4) is 0 Å². The number of para-hydroxylation sites is 1. The highest BCUT2D eigenvalue weighted by Gasteiger charge is 2.34. The van der Waals surface area contributed by atoms with Crippen LogP contribution in [0.5, 0.6) is 0 Å². The molecular formula is C24H23F3N4. The second-order valence-electron chi connectivity index (χ2n) is 7.53. The minimum Gasteiger partial charge on any atom is -0.398 e. The number of nitrogens with one attached hydrogen (secondary N) is 1. The van der Waals surface area contributed by atoms with Crippen molar-refractivity contribution in [3.8, 4) is 11.3 Å². The number of halogens is 3. The van der Waals surface area contributed by atoms with Crippen LogP contribution in [0.4, 0.5) is 24.7 Å². The summed E-state index contributed by atoms with van der Waals surface area (Å²) in [6.07, 6.45) is -0.839. The van der Waals surface area contributed by atoms with E-state index in [4.69, 9.17) is 5.73 Å². The third-order valence-electron chi connectivity index (χ3n) is 5.52. The number of hydrogen-bond acceptors (Lipinski definition) is 3. The Kier molecular flexibility index (Phi) is 5.67. The number of rotatable bonds is 3. The van der Waals surface area contributed by atoms with E-state index in [-0.39, 0.29) is 5.56 Å². The minimum absolute atomic E-state index is 0.0700. The molecule has 1 aromatic heterocycles. The van der Waals surface area contributed by atoms with Crippen LogP contribution in [0.25, 0.3) is 11.3 Å². The Morgan fingerprint density at radius 3 is 2.48 bits per heavy atom. The topological polar surface area (TPSA) is 63.3 Å². The van der Waals surface area contributed by atoms with Crippen molar-refractivity contribution in [1.82, 2.24) is 4.98 Å². The van der Waals surface area contributed by atoms with Crippen LogP contribution >= 0.6 is 0 Å². The van der Waals surface area contributed by atoms with E-state index in [9.17, 15) is 13.2 Å². The molecule has 1 heterocycles. The fourth-order valence-electron chi connectivity index (χ4n) is 4.01. The molecule has 0 atom stereocenters. The first-order valence-electron chi connectivity index (χ1n) is 10.2. The Bertz CT molecular complexity index is 1140. The third kappa shape index (κ3) is 4.26. The van der Waals surface area contributed by atoms with Gasteiger partial charge in [-0.05, 0) is 61.1 Å². The summed E-state index contributed by atoms with van der Waals surface area (Å²) >= 11 is 0. The number of anilines is 2. The van der Waals surface area contributed by atoms with Gasteiger partial charge in [0, 0.05) is 23.9 Å². The van der Waals surface area contributed by atoms with Crippen molar-refractivity contribution in [3.63, 3.8) is 0 Å². The van der Waals surface area contributed by atoms with Gasteiger partial charge in [-0.1, -0.05) is 30.3 Å². The fraction of sp³-hybridized carbons (Fsp3) is 0.250. The predicted octanol–water partition coefficient (Wildman–Crippen LogP) is 5.72. The zero-order chi connectivity index (χ0) is 22.0. The molecule has 0 unspecified atom stereocenters. The molecule has 2 aromatic carbocycles. The second-order valence-corrected chi connectivity index (χ2v) is 7.53. The van der Waals surface area contributed by atoms with Crippen molar-refractivity contribution in [1.29, 1.82) is 0 Å². The van der Waals surface area contributed by atoms with Crippen molar-refractivity contribution < 1.29 is 13.2 Å². The number of aryl methyl sites for hydroxylation is 1. The molecule has 0 bridgehead atoms. The number of aromatic nitrogens is 1. The predicted molar refractivity (Wildman–Crippen MR) is 118 cm³/mol. The lowest BCUT2D eigenvalue weighted by atomic mass is 9.90. The first-order valence-corrected chi connectivity index (χ1v) is 10.2. The average molecular weight is 424 g/mol. The van der Waals surface area contributed by atoms with E-state index in [1.165, 1.54) is 12.1 Å². The lowest BCUT2D eigenvalue weighted by Gasteiger charge is -2.22. The monoisotopic (exact) mass is 424 g/mol. The van der Waals surface area contributed by atoms with Crippen molar-refractivity contribution in [3.05, 3.63) is 76.9 Å². The van der Waals surface area contributed by atoms with Gasteiger partial charge in [0.05, 0.1) is 11.3 Å². The number of amidine groups is 1. The molecule has 0 spiro atoms. The van der Waals surface area contributed by atoms with Crippen LogP contribution in [-0.4, -0.2) is 17.9 Å². The largest absolute Gasteiger partial charge is 0.417 e. The molecule has 0 fully saturated rings. The summed E-state index contributed by atoms with van der Waals surface area (Å²) in [4.78, 5) is 8.97. The summed E-state index contributed by atoms with van der Waals surface area (Å²) in [5.74, 6) is 1.06. The highest BCUT2D eigenvalue weighted by atomic mass is 19.4. The van der Waals surface area contributed by atoms with Crippen LogP contribution in [0.2, 0.25) is 0 Å². The average Bonchev–Trinajstić information content (AvgIpc) is 2.77. The second kappa shape index (κ2) is 8.41. The van der Waals surface area contributed by atoms with E-state index < -0.39 is 11.7 Å². The van der Waals surface area contributed by atoms with E-state index in [1.807, 2.05) is 18.2 Å². The summed E-state index contributed by atoms with van der Waals surface area (Å²) < 4.78 is 40.9. The Morgan fingerprint density at radius 2 is 1.74 bits per heavy atom. The smallest absolute Gasteiger partial charge is 0.398 e. The van der Waals surface area contributed by atoms with Gasteiger partial charge in [-0.25, -0.2) is 4.98 Å². The summed E-state index contributed by atoms with van der Waals surface area (Å²) in [6, 6.07) is 14.7. The molecule has 4 rings (SSSR count). The number of benzene rings is 2. The number of nitrogens with two attached hydrogens (primary N) is 1. The van der Waals surface area contributed by atoms with Crippen LogP contribution in [0.15, 0.2) is 59.6 Å². The molecule has 0 saturated carbocycles. The SMILES string of the molecule is CN=C(Nc1nc(-c2ccccc2C(F)(F)F)cc2c1CCCC2)c1ccccc1N. The van der Waals surface area contributed by atoms with Gasteiger partial charge in [-0.15, -0.1) is 0 Å². The quantitative estimate of drug-likeness (QED) is 0.321. The third-order valence-corrected chi connectivity index (χ3v) is 5.52. The molecule has 1 aliphatic carbocycles. The summed E-state index contributed by atoms with van der Waals surface area (Å²) in [5.41, 5.74) is 9.11. The minimum atomic E-state index is -4.46. The Balaban J connectivity index is 1.84. The van der Waals surface area contributed by atoms with E-state index >= 15 is 0 Å². The lowest BCUT2D eigenvalue weighted by Crippen LogP contribution is -2.19. The fourth-order valence-corrected chi connectivity index (χ4v) is 4.01. The van der Waals surface area contributed by atoms with Crippen LogP contribution in [0.1, 0.15) is 35.1 Å². The highest BCUT2D eigenvalue weighted by Crippen LogP contribution is 2.38. The van der Waals surface area contributed by atoms with Crippen molar-refractivity contribution in [2.75, 3.05) is 18.1 Å². The standard InChI is InChI=1S/C24H23F3N4/c1-29-22(18-11-5-7-13-20(18)28)31-23-16-9-3-2-8-15(16)14-21(30-23)17-10-4-6-12-19(17)24(25,26)27/h4-7,10-14H,2-3,8-9,28H2,1H3,(H,29,30,31). The highest BCUT2D eigenvalue weighted by molar-refractivity contribution is 6.11. The molecule has 31 heavy (non-hydrogen) atoms.